The van der Waals surface area contributed by atoms with Crippen molar-refractivity contribution < 1.29 is 8.78 Å². The third kappa shape index (κ3) is 2.03. The number of aromatic nitrogens is 1. The maximum Gasteiger partial charge on any atom is 0.266 e. The molecule has 0 atom stereocenters. The van der Waals surface area contributed by atoms with Gasteiger partial charge in [-0.2, -0.15) is 0 Å². The van der Waals surface area contributed by atoms with Crippen LogP contribution in [0.2, 0.25) is 0 Å². The van der Waals surface area contributed by atoms with Crippen molar-refractivity contribution in [2.24, 2.45) is 5.73 Å². The zero-order valence-electron chi connectivity index (χ0n) is 7.02. The number of nitrogens with zero attached hydrogens (tertiary/aromatic N) is 1. The highest BCUT2D eigenvalue weighted by atomic mass is 79.9. The Morgan fingerprint density at radius 1 is 1.62 bits per heavy atom. The molecule has 0 amide bonds. The molecule has 0 spiro atoms. The van der Waals surface area contributed by atoms with Gasteiger partial charge in [0.05, 0.1) is 5.56 Å². The Morgan fingerprint density at radius 2 is 2.23 bits per heavy atom. The molecule has 0 aliphatic rings. The van der Waals surface area contributed by atoms with Crippen LogP contribution in [0.4, 0.5) is 8.78 Å². The summed E-state index contributed by atoms with van der Waals surface area (Å²) >= 11 is 3.09. The van der Waals surface area contributed by atoms with Crippen LogP contribution in [0.5, 0.6) is 0 Å². The molecule has 1 aromatic rings. The fourth-order valence-electron chi connectivity index (χ4n) is 1.02. The molecule has 1 aromatic heterocycles. The molecule has 0 aromatic carbocycles. The summed E-state index contributed by atoms with van der Waals surface area (Å²) in [6.07, 6.45) is -1.35. The average molecular weight is 251 g/mol. The summed E-state index contributed by atoms with van der Waals surface area (Å²) in [5.74, 6) is 0. The molecule has 1 rings (SSSR count). The molecule has 13 heavy (non-hydrogen) atoms. The lowest BCUT2D eigenvalue weighted by Crippen LogP contribution is -2.04. The van der Waals surface area contributed by atoms with Gasteiger partial charge in [0.15, 0.2) is 0 Å². The molecule has 0 unspecified atom stereocenters. The summed E-state index contributed by atoms with van der Waals surface area (Å²) < 4.78 is 25.1. The van der Waals surface area contributed by atoms with Crippen LogP contribution in [0.15, 0.2) is 10.7 Å². The number of hydrogen-bond acceptors (Lipinski definition) is 2. The van der Waals surface area contributed by atoms with Gasteiger partial charge in [0.2, 0.25) is 0 Å². The SMILES string of the molecule is Cc1ncc(C(F)F)c(Br)c1CN. The van der Waals surface area contributed by atoms with Gasteiger partial charge in [-0.15, -0.1) is 0 Å². The lowest BCUT2D eigenvalue weighted by Gasteiger charge is -2.09. The minimum atomic E-state index is -2.52. The lowest BCUT2D eigenvalue weighted by molar-refractivity contribution is 0.150. The van der Waals surface area contributed by atoms with E-state index in [1.807, 2.05) is 0 Å². The first kappa shape index (κ1) is 10.5. The van der Waals surface area contributed by atoms with Gasteiger partial charge in [-0.25, -0.2) is 8.78 Å². The molecule has 0 fully saturated rings. The number of aryl methyl sites for hydroxylation is 1. The molecule has 0 saturated heterocycles. The summed E-state index contributed by atoms with van der Waals surface area (Å²) in [6.45, 7) is 1.95. The van der Waals surface area contributed by atoms with E-state index in [-0.39, 0.29) is 12.1 Å². The Bertz CT molecular complexity index is 315. The van der Waals surface area contributed by atoms with Crippen molar-refractivity contribution in [2.45, 2.75) is 19.9 Å². The fourth-order valence-corrected chi connectivity index (χ4v) is 1.75. The van der Waals surface area contributed by atoms with Crippen LogP contribution in [0.1, 0.15) is 23.2 Å². The van der Waals surface area contributed by atoms with E-state index in [4.69, 9.17) is 5.73 Å². The summed E-state index contributed by atoms with van der Waals surface area (Å²) in [4.78, 5) is 3.84. The second-order valence-corrected chi connectivity index (χ2v) is 3.39. The number of halogens is 3. The summed E-state index contributed by atoms with van der Waals surface area (Å²) in [5, 5.41) is 0. The topological polar surface area (TPSA) is 38.9 Å². The quantitative estimate of drug-likeness (QED) is 0.877. The normalized spacial score (nSPS) is 10.9. The Labute approximate surface area is 83.3 Å². The Kier molecular flexibility index (Phi) is 3.33. The van der Waals surface area contributed by atoms with Crippen molar-refractivity contribution in [3.05, 3.63) is 27.5 Å². The number of pyridine rings is 1. The molecule has 72 valence electrons. The molecule has 0 radical (unpaired) electrons. The molecule has 0 bridgehead atoms. The van der Waals surface area contributed by atoms with Crippen molar-refractivity contribution in [2.75, 3.05) is 0 Å². The molecule has 1 heterocycles. The van der Waals surface area contributed by atoms with E-state index >= 15 is 0 Å². The van der Waals surface area contributed by atoms with Gasteiger partial charge < -0.3 is 5.73 Å². The van der Waals surface area contributed by atoms with Crippen LogP contribution >= 0.6 is 15.9 Å². The summed E-state index contributed by atoms with van der Waals surface area (Å²) in [6, 6.07) is 0. The maximum atomic E-state index is 12.4. The van der Waals surface area contributed by atoms with Gasteiger partial charge in [0.25, 0.3) is 6.43 Å². The zero-order valence-corrected chi connectivity index (χ0v) is 8.61. The van der Waals surface area contributed by atoms with E-state index < -0.39 is 6.43 Å². The maximum absolute atomic E-state index is 12.4. The van der Waals surface area contributed by atoms with Crippen LogP contribution in [0.25, 0.3) is 0 Å². The third-order valence-corrected chi connectivity index (χ3v) is 2.73. The Hall–Kier alpha value is -0.550. The van der Waals surface area contributed by atoms with Crippen molar-refractivity contribution in [3.63, 3.8) is 0 Å². The third-order valence-electron chi connectivity index (χ3n) is 1.79. The fraction of sp³-hybridized carbons (Fsp3) is 0.375. The smallest absolute Gasteiger partial charge is 0.266 e. The highest BCUT2D eigenvalue weighted by Gasteiger charge is 2.15. The van der Waals surface area contributed by atoms with Crippen LogP contribution in [0, 0.1) is 6.92 Å². The van der Waals surface area contributed by atoms with Gasteiger partial charge in [-0.05, 0) is 22.9 Å². The van der Waals surface area contributed by atoms with Crippen LogP contribution < -0.4 is 5.73 Å². The molecule has 2 nitrogen and oxygen atoms in total. The molecule has 0 aliphatic heterocycles. The van der Waals surface area contributed by atoms with E-state index in [9.17, 15) is 8.78 Å². The van der Waals surface area contributed by atoms with Crippen LogP contribution in [-0.4, -0.2) is 4.98 Å². The Balaban J connectivity index is 3.27. The first-order valence-electron chi connectivity index (χ1n) is 3.70. The molecular weight excluding hydrogens is 242 g/mol. The van der Waals surface area contributed by atoms with Gasteiger partial charge in [-0.1, -0.05) is 0 Å². The highest BCUT2D eigenvalue weighted by Crippen LogP contribution is 2.30. The monoisotopic (exact) mass is 250 g/mol. The largest absolute Gasteiger partial charge is 0.326 e. The van der Waals surface area contributed by atoms with E-state index in [2.05, 4.69) is 20.9 Å². The van der Waals surface area contributed by atoms with Crippen LogP contribution in [-0.2, 0) is 6.54 Å². The number of hydrogen-bond donors (Lipinski definition) is 1. The predicted molar refractivity (Wildman–Crippen MR) is 49.5 cm³/mol. The van der Waals surface area contributed by atoms with E-state index in [0.29, 0.717) is 15.7 Å². The first-order valence-corrected chi connectivity index (χ1v) is 4.49. The summed E-state index contributed by atoms with van der Waals surface area (Å²) in [5.41, 5.74) is 6.62. The van der Waals surface area contributed by atoms with Crippen molar-refractivity contribution in [1.29, 1.82) is 0 Å². The minimum Gasteiger partial charge on any atom is -0.326 e. The van der Waals surface area contributed by atoms with E-state index in [1.54, 1.807) is 6.92 Å². The van der Waals surface area contributed by atoms with Gasteiger partial charge in [0.1, 0.15) is 0 Å². The predicted octanol–water partition coefficient (Wildman–Crippen LogP) is 2.55. The molecule has 0 aliphatic carbocycles. The van der Waals surface area contributed by atoms with Gasteiger partial charge in [-0.3, -0.25) is 4.98 Å². The van der Waals surface area contributed by atoms with Crippen molar-refractivity contribution >= 4 is 15.9 Å². The number of nitrogens with two attached hydrogens (primary N) is 1. The molecule has 5 heteroatoms. The number of rotatable bonds is 2. The summed E-state index contributed by atoms with van der Waals surface area (Å²) in [7, 11) is 0. The van der Waals surface area contributed by atoms with Crippen molar-refractivity contribution in [3.8, 4) is 0 Å². The average Bonchev–Trinajstić information content (AvgIpc) is 2.04. The second kappa shape index (κ2) is 4.11. The van der Waals surface area contributed by atoms with Gasteiger partial charge >= 0.3 is 0 Å². The van der Waals surface area contributed by atoms with Gasteiger partial charge in [0, 0.05) is 28.5 Å². The molecule has 2 N–H and O–H groups in total. The zero-order chi connectivity index (χ0) is 10.0. The standard InChI is InChI=1S/C8H9BrF2N2/c1-4-5(2-12)7(9)6(3-13-4)8(10)11/h3,8H,2,12H2,1H3. The van der Waals surface area contributed by atoms with E-state index in [0.717, 1.165) is 0 Å². The first-order chi connectivity index (χ1) is 6.07. The van der Waals surface area contributed by atoms with Crippen LogP contribution in [0.3, 0.4) is 0 Å². The molecule has 0 saturated carbocycles. The minimum absolute atomic E-state index is 0.106. The Morgan fingerprint density at radius 3 is 2.69 bits per heavy atom. The second-order valence-electron chi connectivity index (χ2n) is 2.60. The molecular formula is C8H9BrF2N2. The van der Waals surface area contributed by atoms with E-state index in [1.165, 1.54) is 6.20 Å². The van der Waals surface area contributed by atoms with Crippen molar-refractivity contribution in [1.82, 2.24) is 4.98 Å². The highest BCUT2D eigenvalue weighted by molar-refractivity contribution is 9.10. The number of alkyl halides is 2. The lowest BCUT2D eigenvalue weighted by atomic mass is 10.1.